The van der Waals surface area contributed by atoms with Crippen molar-refractivity contribution in [2.24, 2.45) is 11.8 Å². The maximum absolute atomic E-state index is 16.4. The maximum Gasteiger partial charge on any atom is 0.255 e. The highest BCUT2D eigenvalue weighted by Crippen LogP contribution is 2.42. The molecule has 7 heterocycles. The van der Waals surface area contributed by atoms with E-state index in [1.807, 2.05) is 24.3 Å². The quantitative estimate of drug-likeness (QED) is 0.179. The van der Waals surface area contributed by atoms with Gasteiger partial charge in [-0.1, -0.05) is 0 Å². The van der Waals surface area contributed by atoms with Gasteiger partial charge in [-0.15, -0.1) is 0 Å². The Kier molecular flexibility index (Phi) is 9.99. The second kappa shape index (κ2) is 15.4. The molecule has 2 aromatic heterocycles. The first-order valence-electron chi connectivity index (χ1n) is 21.9. The van der Waals surface area contributed by atoms with E-state index in [1.54, 1.807) is 18.5 Å². The molecule has 2 aromatic carbocycles. The third-order valence-corrected chi connectivity index (χ3v) is 14.2. The standard InChI is InChI=1S/C45H53F2N9O4/c1-44(12-13-44)60-30-2-4-34-32(22-30)41(52-51-34)35-23-38(49-27-48-35)55-18-8-28(9-19-55)24-45(47)14-20-53(21-15-45)25-29-10-16-54(17-11-29)36-5-3-31-33(40(36)46)26-56(43(31)59)37-6-7-39(57)50-42(37)58/h2-5,22-23,27-29,37H,6-21,24-26H2,1H3,(H,51,52)(H,50,57,58). The van der Waals surface area contributed by atoms with Crippen molar-refractivity contribution in [3.05, 3.63) is 59.7 Å². The predicted molar refractivity (Wildman–Crippen MR) is 222 cm³/mol. The molecule has 10 rings (SSSR count). The van der Waals surface area contributed by atoms with Crippen molar-refractivity contribution in [2.45, 2.75) is 101 Å². The molecular weight excluding hydrogens is 769 g/mol. The van der Waals surface area contributed by atoms with Crippen LogP contribution in [0.15, 0.2) is 42.7 Å². The first-order chi connectivity index (χ1) is 29.0. The van der Waals surface area contributed by atoms with Gasteiger partial charge >= 0.3 is 0 Å². The summed E-state index contributed by atoms with van der Waals surface area (Å²) in [6.07, 6.45) is 9.54. The Balaban J connectivity index is 0.680. The van der Waals surface area contributed by atoms with E-state index in [0.717, 1.165) is 105 Å². The summed E-state index contributed by atoms with van der Waals surface area (Å²) in [6, 6.07) is 10.6. The minimum Gasteiger partial charge on any atom is -0.488 e. The Morgan fingerprint density at radius 2 is 1.62 bits per heavy atom. The summed E-state index contributed by atoms with van der Waals surface area (Å²) in [5, 5.41) is 11.0. The highest BCUT2D eigenvalue weighted by Gasteiger charge is 2.42. The van der Waals surface area contributed by atoms with Gasteiger partial charge in [0.05, 0.1) is 23.4 Å². The van der Waals surface area contributed by atoms with Crippen molar-refractivity contribution in [2.75, 3.05) is 55.6 Å². The first-order valence-corrected chi connectivity index (χ1v) is 21.9. The van der Waals surface area contributed by atoms with E-state index in [4.69, 9.17) is 4.74 Å². The molecule has 15 heteroatoms. The first kappa shape index (κ1) is 39.0. The third kappa shape index (κ3) is 7.69. The summed E-state index contributed by atoms with van der Waals surface area (Å²) in [6.45, 7) is 7.66. The van der Waals surface area contributed by atoms with Crippen LogP contribution in [0.1, 0.15) is 93.5 Å². The molecule has 5 fully saturated rings. The number of H-pyrrole nitrogens is 1. The van der Waals surface area contributed by atoms with Gasteiger partial charge in [-0.3, -0.25) is 24.8 Å². The van der Waals surface area contributed by atoms with Crippen molar-refractivity contribution in [1.29, 1.82) is 0 Å². The summed E-state index contributed by atoms with van der Waals surface area (Å²) < 4.78 is 38.5. The molecule has 0 radical (unpaired) electrons. The molecular formula is C45H53F2N9O4. The summed E-state index contributed by atoms with van der Waals surface area (Å²) in [5.74, 6) is 0.872. The molecule has 1 unspecified atom stereocenters. The van der Waals surface area contributed by atoms with E-state index in [0.29, 0.717) is 55.4 Å². The number of imide groups is 1. The monoisotopic (exact) mass is 821 g/mol. The topological polar surface area (TPSA) is 140 Å². The van der Waals surface area contributed by atoms with E-state index < -0.39 is 23.4 Å². The number of ether oxygens (including phenoxy) is 1. The molecule has 13 nitrogen and oxygen atoms in total. The number of likely N-dealkylation sites (tertiary alicyclic amines) is 1. The number of piperidine rings is 4. The van der Waals surface area contributed by atoms with Gasteiger partial charge in [0.25, 0.3) is 5.91 Å². The number of carbonyl (C=O) groups is 3. The van der Waals surface area contributed by atoms with Crippen LogP contribution < -0.4 is 19.9 Å². The molecule has 4 aromatic rings. The zero-order valence-corrected chi connectivity index (χ0v) is 34.2. The van der Waals surface area contributed by atoms with E-state index >= 15 is 8.78 Å². The molecule has 60 heavy (non-hydrogen) atoms. The highest BCUT2D eigenvalue weighted by atomic mass is 19.1. The van der Waals surface area contributed by atoms with Crippen molar-refractivity contribution >= 4 is 40.1 Å². The van der Waals surface area contributed by atoms with Crippen LogP contribution in [0, 0.1) is 17.7 Å². The number of fused-ring (bicyclic) bond motifs is 2. The minimum atomic E-state index is -1.14. The van der Waals surface area contributed by atoms with E-state index in [9.17, 15) is 14.4 Å². The molecule has 4 saturated heterocycles. The lowest BCUT2D eigenvalue weighted by Crippen LogP contribution is -2.52. The smallest absolute Gasteiger partial charge is 0.255 e. The van der Waals surface area contributed by atoms with Crippen LogP contribution in [0.5, 0.6) is 5.75 Å². The van der Waals surface area contributed by atoms with Crippen molar-refractivity contribution in [3.8, 4) is 17.1 Å². The summed E-state index contributed by atoms with van der Waals surface area (Å²) >= 11 is 0. The average molecular weight is 822 g/mol. The lowest BCUT2D eigenvalue weighted by atomic mass is 9.80. The van der Waals surface area contributed by atoms with Gasteiger partial charge in [0.15, 0.2) is 5.82 Å². The summed E-state index contributed by atoms with van der Waals surface area (Å²) in [4.78, 5) is 54.6. The number of carbonyl (C=O) groups excluding carboxylic acids is 3. The molecule has 5 aliphatic heterocycles. The number of amides is 3. The van der Waals surface area contributed by atoms with Gasteiger partial charge in [0.1, 0.15) is 40.9 Å². The molecule has 0 bridgehead atoms. The Bertz CT molecular complexity index is 2310. The van der Waals surface area contributed by atoms with Crippen molar-refractivity contribution in [3.63, 3.8) is 0 Å². The van der Waals surface area contributed by atoms with E-state index in [-0.39, 0.29) is 42.4 Å². The third-order valence-electron chi connectivity index (χ3n) is 14.2. The molecule has 1 atom stereocenters. The number of nitrogens with zero attached hydrogens (tertiary/aromatic N) is 7. The van der Waals surface area contributed by atoms with Gasteiger partial charge < -0.3 is 24.3 Å². The van der Waals surface area contributed by atoms with Gasteiger partial charge in [0, 0.05) is 74.8 Å². The largest absolute Gasteiger partial charge is 0.488 e. The number of aromatic amines is 1. The number of nitrogens with one attached hydrogen (secondary N) is 2. The van der Waals surface area contributed by atoms with Crippen molar-refractivity contribution in [1.82, 2.24) is 35.3 Å². The Morgan fingerprint density at radius 1 is 0.867 bits per heavy atom. The van der Waals surface area contributed by atoms with E-state index in [1.165, 1.54) is 4.90 Å². The van der Waals surface area contributed by atoms with Crippen LogP contribution >= 0.6 is 0 Å². The van der Waals surface area contributed by atoms with Crippen LogP contribution in [-0.4, -0.2) is 111 Å². The Hall–Kier alpha value is -5.18. The maximum atomic E-state index is 16.4. The Morgan fingerprint density at radius 3 is 2.37 bits per heavy atom. The molecule has 316 valence electrons. The fourth-order valence-electron chi connectivity index (χ4n) is 10.2. The molecule has 1 aliphatic carbocycles. The second-order valence-corrected chi connectivity index (χ2v) is 18.4. The van der Waals surface area contributed by atoms with Gasteiger partial charge in [0.2, 0.25) is 11.8 Å². The number of hydrogen-bond donors (Lipinski definition) is 2. The Labute approximate surface area is 348 Å². The number of rotatable bonds is 10. The summed E-state index contributed by atoms with van der Waals surface area (Å²) in [7, 11) is 0. The highest BCUT2D eigenvalue weighted by molar-refractivity contribution is 6.05. The van der Waals surface area contributed by atoms with Crippen LogP contribution in [0.3, 0.4) is 0 Å². The molecule has 3 amide bonds. The number of aromatic nitrogens is 4. The molecule has 0 spiro atoms. The van der Waals surface area contributed by atoms with Crippen molar-refractivity contribution < 1.29 is 27.9 Å². The van der Waals surface area contributed by atoms with Crippen LogP contribution in [0.25, 0.3) is 22.3 Å². The fourth-order valence-corrected chi connectivity index (χ4v) is 10.2. The van der Waals surface area contributed by atoms with Crippen LogP contribution in [0.2, 0.25) is 0 Å². The molecule has 2 N–H and O–H groups in total. The summed E-state index contributed by atoms with van der Waals surface area (Å²) in [5.41, 5.74) is 2.35. The normalized spacial score (nSPS) is 23.6. The lowest BCUT2D eigenvalue weighted by molar-refractivity contribution is -0.136. The van der Waals surface area contributed by atoms with Crippen LogP contribution in [0.4, 0.5) is 20.3 Å². The lowest BCUT2D eigenvalue weighted by Gasteiger charge is -2.42. The van der Waals surface area contributed by atoms with Crippen LogP contribution in [-0.2, 0) is 16.1 Å². The average Bonchev–Trinajstić information content (AvgIpc) is 3.66. The van der Waals surface area contributed by atoms with Gasteiger partial charge in [-0.05, 0) is 113 Å². The fraction of sp³-hybridized carbons (Fsp3) is 0.556. The van der Waals surface area contributed by atoms with E-state index in [2.05, 4.69) is 47.1 Å². The number of halogens is 2. The molecule has 6 aliphatic rings. The number of benzene rings is 2. The van der Waals surface area contributed by atoms with Gasteiger partial charge in [-0.25, -0.2) is 18.7 Å². The zero-order chi connectivity index (χ0) is 41.2. The second-order valence-electron chi connectivity index (χ2n) is 18.4. The van der Waals surface area contributed by atoms with Gasteiger partial charge in [-0.2, -0.15) is 5.10 Å². The number of anilines is 2. The SMILES string of the molecule is CC1(Oc2ccc3[nH]nc(-c4cc(N5CCC(CC6(F)CCN(CC7CCN(c8ccc9c(c8F)CN(C8CCC(=O)NC8=O)C9=O)CC7)CC6)CC5)ncn4)c3c2)CC1. The number of alkyl halides is 1. The number of hydrogen-bond acceptors (Lipinski definition) is 10. The molecule has 1 saturated carbocycles. The minimum absolute atomic E-state index is 0.0209. The predicted octanol–water partition coefficient (Wildman–Crippen LogP) is 6.18. The zero-order valence-electron chi connectivity index (χ0n) is 34.2.